The lowest BCUT2D eigenvalue weighted by Crippen LogP contribution is -2.17. The zero-order valence-electron chi connectivity index (χ0n) is 14.0. The number of furan rings is 1. The average Bonchev–Trinajstić information content (AvgIpc) is 3.39. The molecule has 0 atom stereocenters. The third kappa shape index (κ3) is 4.08. The van der Waals surface area contributed by atoms with Crippen LogP contribution in [0.1, 0.15) is 36.9 Å². The maximum absolute atomic E-state index is 6.09. The predicted molar refractivity (Wildman–Crippen MR) is 97.5 cm³/mol. The van der Waals surface area contributed by atoms with Crippen molar-refractivity contribution in [3.8, 4) is 16.6 Å². The van der Waals surface area contributed by atoms with Gasteiger partial charge in [-0.25, -0.2) is 9.97 Å². The monoisotopic (exact) mass is 355 g/mol. The Hall–Kier alpha value is -2.18. The van der Waals surface area contributed by atoms with E-state index in [1.54, 1.807) is 23.8 Å². The number of thiazole rings is 1. The van der Waals surface area contributed by atoms with Gasteiger partial charge < -0.3 is 14.5 Å². The average molecular weight is 355 g/mol. The molecule has 0 unspecified atom stereocenters. The molecule has 1 N–H and O–H groups in total. The van der Waals surface area contributed by atoms with Crippen molar-refractivity contribution in [3.05, 3.63) is 53.4 Å². The first-order valence-electron chi connectivity index (χ1n) is 8.68. The van der Waals surface area contributed by atoms with Gasteiger partial charge in [0, 0.05) is 30.2 Å². The van der Waals surface area contributed by atoms with Crippen LogP contribution in [0, 0.1) is 0 Å². The fraction of sp³-hybridized carbons (Fsp3) is 0.368. The van der Waals surface area contributed by atoms with Crippen molar-refractivity contribution >= 4 is 11.3 Å². The van der Waals surface area contributed by atoms with Gasteiger partial charge in [-0.1, -0.05) is 6.07 Å². The maximum Gasteiger partial charge on any atom is 0.218 e. The summed E-state index contributed by atoms with van der Waals surface area (Å²) in [5, 5.41) is 6.41. The third-order valence-corrected chi connectivity index (χ3v) is 5.24. The summed E-state index contributed by atoms with van der Waals surface area (Å²) < 4.78 is 11.5. The van der Waals surface area contributed by atoms with Crippen molar-refractivity contribution in [2.24, 2.45) is 0 Å². The van der Waals surface area contributed by atoms with Gasteiger partial charge in [-0.2, -0.15) is 0 Å². The second-order valence-corrected chi connectivity index (χ2v) is 7.07. The van der Waals surface area contributed by atoms with Crippen molar-refractivity contribution in [1.29, 1.82) is 0 Å². The Morgan fingerprint density at radius 2 is 2.12 bits per heavy atom. The van der Waals surface area contributed by atoms with E-state index in [-0.39, 0.29) is 0 Å². The molecule has 0 aromatic carbocycles. The summed E-state index contributed by atoms with van der Waals surface area (Å²) in [4.78, 5) is 9.02. The zero-order chi connectivity index (χ0) is 16.9. The highest BCUT2D eigenvalue weighted by atomic mass is 32.1. The van der Waals surface area contributed by atoms with Crippen LogP contribution >= 0.6 is 11.3 Å². The van der Waals surface area contributed by atoms with E-state index in [0.29, 0.717) is 19.2 Å². The number of nitrogens with zero attached hydrogens (tertiary/aromatic N) is 2. The van der Waals surface area contributed by atoms with Crippen LogP contribution in [-0.2, 0) is 13.1 Å². The molecule has 0 amide bonds. The number of nitrogens with one attached hydrogen (secondary N) is 1. The molecule has 3 heterocycles. The number of hydrogen-bond donors (Lipinski definition) is 1. The Morgan fingerprint density at radius 1 is 1.20 bits per heavy atom. The number of aromatic nitrogens is 2. The fourth-order valence-corrected chi connectivity index (χ4v) is 3.84. The Bertz CT molecular complexity index is 795. The van der Waals surface area contributed by atoms with Crippen LogP contribution in [0.15, 0.2) is 46.5 Å². The van der Waals surface area contributed by atoms with Crippen LogP contribution in [0.4, 0.5) is 0 Å². The first-order valence-corrected chi connectivity index (χ1v) is 9.56. The minimum Gasteiger partial charge on any atom is -0.474 e. The molecule has 0 spiro atoms. The van der Waals surface area contributed by atoms with E-state index in [2.05, 4.69) is 26.7 Å². The second-order valence-electron chi connectivity index (χ2n) is 6.22. The minimum absolute atomic E-state index is 0.322. The van der Waals surface area contributed by atoms with Gasteiger partial charge in [-0.15, -0.1) is 11.3 Å². The highest BCUT2D eigenvalue weighted by molar-refractivity contribution is 7.13. The molecular formula is C19H21N3O2S. The van der Waals surface area contributed by atoms with Crippen LogP contribution in [0.2, 0.25) is 0 Å². The van der Waals surface area contributed by atoms with Gasteiger partial charge in [0.2, 0.25) is 5.88 Å². The SMILES string of the molecule is c1coc(-c2nc(CNCc3cccnc3OC3CCCC3)cs2)c1. The molecule has 0 bridgehead atoms. The zero-order valence-corrected chi connectivity index (χ0v) is 14.8. The molecule has 3 aromatic rings. The number of ether oxygens (including phenoxy) is 1. The summed E-state index contributed by atoms with van der Waals surface area (Å²) in [6.45, 7) is 1.42. The van der Waals surface area contributed by atoms with Crippen molar-refractivity contribution in [1.82, 2.24) is 15.3 Å². The quantitative estimate of drug-likeness (QED) is 0.680. The van der Waals surface area contributed by atoms with Gasteiger partial charge in [0.1, 0.15) is 6.10 Å². The summed E-state index contributed by atoms with van der Waals surface area (Å²) in [6.07, 6.45) is 8.57. The van der Waals surface area contributed by atoms with E-state index in [0.717, 1.165) is 40.7 Å². The molecule has 5 nitrogen and oxygen atoms in total. The Labute approximate surface area is 151 Å². The molecule has 0 saturated heterocycles. The third-order valence-electron chi connectivity index (χ3n) is 4.34. The molecule has 4 rings (SSSR count). The maximum atomic E-state index is 6.09. The van der Waals surface area contributed by atoms with Gasteiger partial charge in [-0.3, -0.25) is 0 Å². The highest BCUT2D eigenvalue weighted by Gasteiger charge is 2.18. The lowest BCUT2D eigenvalue weighted by atomic mass is 10.2. The topological polar surface area (TPSA) is 60.2 Å². The second kappa shape index (κ2) is 7.80. The number of pyridine rings is 1. The smallest absolute Gasteiger partial charge is 0.218 e. The first kappa shape index (κ1) is 16.3. The van der Waals surface area contributed by atoms with Crippen LogP contribution in [0.5, 0.6) is 5.88 Å². The van der Waals surface area contributed by atoms with E-state index in [9.17, 15) is 0 Å². The van der Waals surface area contributed by atoms with Crippen LogP contribution in [-0.4, -0.2) is 16.1 Å². The molecule has 1 aliphatic carbocycles. The summed E-state index contributed by atoms with van der Waals surface area (Å²) >= 11 is 1.60. The van der Waals surface area contributed by atoms with Crippen LogP contribution in [0.25, 0.3) is 10.8 Å². The molecule has 1 saturated carbocycles. The van der Waals surface area contributed by atoms with Crippen molar-refractivity contribution in [3.63, 3.8) is 0 Å². The number of hydrogen-bond acceptors (Lipinski definition) is 6. The standard InChI is InChI=1S/C19H21N3O2S/c1-2-7-16(6-1)24-18-14(5-3-9-21-18)11-20-12-15-13-25-19(22-15)17-8-4-10-23-17/h3-5,8-10,13,16,20H,1-2,6-7,11-12H2. The molecule has 6 heteroatoms. The highest BCUT2D eigenvalue weighted by Crippen LogP contribution is 2.26. The summed E-state index contributed by atoms with van der Waals surface area (Å²) in [7, 11) is 0. The summed E-state index contributed by atoms with van der Waals surface area (Å²) in [6, 6.07) is 7.83. The van der Waals surface area contributed by atoms with E-state index < -0.39 is 0 Å². The molecule has 1 fully saturated rings. The van der Waals surface area contributed by atoms with E-state index in [4.69, 9.17) is 9.15 Å². The van der Waals surface area contributed by atoms with Gasteiger partial charge in [0.05, 0.1) is 12.0 Å². The van der Waals surface area contributed by atoms with Gasteiger partial charge in [0.25, 0.3) is 0 Å². The van der Waals surface area contributed by atoms with Crippen LogP contribution in [0.3, 0.4) is 0 Å². The van der Waals surface area contributed by atoms with Crippen molar-refractivity contribution in [2.75, 3.05) is 0 Å². The predicted octanol–water partition coefficient (Wildman–Crippen LogP) is 4.41. The van der Waals surface area contributed by atoms with Crippen LogP contribution < -0.4 is 10.1 Å². The molecular weight excluding hydrogens is 334 g/mol. The molecule has 0 radical (unpaired) electrons. The summed E-state index contributed by atoms with van der Waals surface area (Å²) in [5.41, 5.74) is 2.11. The Kier molecular flexibility index (Phi) is 5.09. The molecule has 0 aliphatic heterocycles. The summed E-state index contributed by atoms with van der Waals surface area (Å²) in [5.74, 6) is 1.58. The molecule has 1 aliphatic rings. The van der Waals surface area contributed by atoms with Gasteiger partial charge >= 0.3 is 0 Å². The largest absolute Gasteiger partial charge is 0.474 e. The van der Waals surface area contributed by atoms with E-state index in [1.165, 1.54) is 12.8 Å². The van der Waals surface area contributed by atoms with E-state index in [1.807, 2.05) is 18.2 Å². The molecule has 130 valence electrons. The van der Waals surface area contributed by atoms with E-state index >= 15 is 0 Å². The lowest BCUT2D eigenvalue weighted by Gasteiger charge is -2.15. The molecule has 3 aromatic heterocycles. The first-order chi connectivity index (χ1) is 12.4. The van der Waals surface area contributed by atoms with Gasteiger partial charge in [0.15, 0.2) is 10.8 Å². The molecule has 25 heavy (non-hydrogen) atoms. The Morgan fingerprint density at radius 3 is 2.96 bits per heavy atom. The lowest BCUT2D eigenvalue weighted by molar-refractivity contribution is 0.199. The van der Waals surface area contributed by atoms with Crippen molar-refractivity contribution < 1.29 is 9.15 Å². The van der Waals surface area contributed by atoms with Crippen molar-refractivity contribution in [2.45, 2.75) is 44.9 Å². The normalized spacial score (nSPS) is 14.9. The fourth-order valence-electron chi connectivity index (χ4n) is 3.06. The minimum atomic E-state index is 0.322. The number of rotatable bonds is 7. The van der Waals surface area contributed by atoms with Gasteiger partial charge in [-0.05, 0) is 43.9 Å². The Balaban J connectivity index is 1.34.